The molecule has 4 bridgehead atoms. The normalized spacial score (nSPS) is 30.4. The first-order chi connectivity index (χ1) is 22.9. The number of carbonyl (C=O) groups excluding carboxylic acids is 3. The number of esters is 1. The van der Waals surface area contributed by atoms with Crippen LogP contribution in [0.2, 0.25) is 0 Å². The van der Waals surface area contributed by atoms with Crippen molar-refractivity contribution in [2.45, 2.75) is 94.9 Å². The highest BCUT2D eigenvalue weighted by Gasteiger charge is 2.65. The molecule has 3 fully saturated rings. The van der Waals surface area contributed by atoms with Crippen LogP contribution < -0.4 is 9.47 Å². The molecule has 1 amide bonds. The number of Topliss-reactive ketones (excluding diaryl/α,β-unsaturated/α-hetero) is 1. The van der Waals surface area contributed by atoms with E-state index in [1.807, 2.05) is 25.1 Å². The molecule has 1 saturated heterocycles. The summed E-state index contributed by atoms with van der Waals surface area (Å²) in [5.74, 6) is -1.08. The number of fused-ring (bicyclic) bond motifs is 3. The number of methoxy groups -OCH3 is 1. The second-order valence-corrected chi connectivity index (χ2v) is 16.3. The predicted octanol–water partition coefficient (Wildman–Crippen LogP) is 5.39. The lowest BCUT2D eigenvalue weighted by Gasteiger charge is -2.31. The topological polar surface area (TPSA) is 153 Å². The summed E-state index contributed by atoms with van der Waals surface area (Å²) >= 11 is 0. The Morgan fingerprint density at radius 3 is 2.67 bits per heavy atom. The molecule has 6 rings (SSSR count). The van der Waals surface area contributed by atoms with Crippen LogP contribution in [0.3, 0.4) is 0 Å². The summed E-state index contributed by atoms with van der Waals surface area (Å²) in [5.41, 5.74) is 0.993. The van der Waals surface area contributed by atoms with Crippen LogP contribution in [0.25, 0.3) is 10.8 Å². The van der Waals surface area contributed by atoms with Gasteiger partial charge in [-0.15, -0.1) is 6.58 Å². The Balaban J connectivity index is 1.37. The number of hydrogen-bond donors (Lipinski definition) is 2. The zero-order chi connectivity index (χ0) is 34.2. The first-order valence-corrected chi connectivity index (χ1v) is 18.8. The Labute approximate surface area is 281 Å². The van der Waals surface area contributed by atoms with Crippen LogP contribution in [-0.4, -0.2) is 74.9 Å². The minimum Gasteiger partial charge on any atom is -0.496 e. The molecule has 48 heavy (non-hydrogen) atoms. The highest BCUT2D eigenvalue weighted by molar-refractivity contribution is 7.54. The molecule has 1 aromatic heterocycles. The van der Waals surface area contributed by atoms with E-state index in [9.17, 15) is 28.7 Å². The number of ether oxygens (including phenoxy) is 3. The molecular weight excluding hydrogens is 635 g/mol. The van der Waals surface area contributed by atoms with Gasteiger partial charge in [0.05, 0.1) is 43.8 Å². The smallest absolute Gasteiger partial charge is 0.332 e. The number of nitrogens with zero attached hydrogens (tertiary/aromatic N) is 2. The number of rotatable bonds is 7. The lowest BCUT2D eigenvalue weighted by molar-refractivity contribution is -0.152. The Hall–Kier alpha value is -3.27. The van der Waals surface area contributed by atoms with E-state index >= 15 is 0 Å². The van der Waals surface area contributed by atoms with Crippen molar-refractivity contribution in [1.29, 1.82) is 0 Å². The van der Waals surface area contributed by atoms with Gasteiger partial charge in [-0.3, -0.25) is 18.9 Å². The first-order valence-electron chi connectivity index (χ1n) is 17.2. The van der Waals surface area contributed by atoms with E-state index < -0.39 is 48.5 Å². The summed E-state index contributed by atoms with van der Waals surface area (Å²) in [6, 6.07) is 4.89. The van der Waals surface area contributed by atoms with Gasteiger partial charge in [0.25, 0.3) is 0 Å². The van der Waals surface area contributed by atoms with Gasteiger partial charge in [-0.25, -0.2) is 4.98 Å². The molecule has 260 valence electrons. The van der Waals surface area contributed by atoms with Crippen LogP contribution in [0, 0.1) is 23.7 Å². The largest absolute Gasteiger partial charge is 0.496 e. The number of amides is 1. The van der Waals surface area contributed by atoms with Gasteiger partial charge in [0.2, 0.25) is 11.8 Å². The number of pyridine rings is 1. The SMILES string of the molecule is C=CC1CC1(CC(=O)[C@@H]1C[C@@H]2CN1C(=O)[C@H](C1CCCC1)CC(=O)OC[C@@H](C)CCCc1cc3c(nccc3cc1OC)O2)P(=O)(O)O. The molecule has 11 nitrogen and oxygen atoms in total. The molecule has 0 radical (unpaired) electrons. The van der Waals surface area contributed by atoms with Crippen LogP contribution in [0.4, 0.5) is 0 Å². The van der Waals surface area contributed by atoms with Gasteiger partial charge < -0.3 is 28.9 Å². The summed E-state index contributed by atoms with van der Waals surface area (Å²) < 4.78 is 30.6. The van der Waals surface area contributed by atoms with Gasteiger partial charge in [-0.1, -0.05) is 25.8 Å². The van der Waals surface area contributed by atoms with Crippen LogP contribution in [0.15, 0.2) is 37.1 Å². The summed E-state index contributed by atoms with van der Waals surface area (Å²) in [4.78, 5) is 68.4. The van der Waals surface area contributed by atoms with E-state index in [1.165, 1.54) is 11.0 Å². The van der Waals surface area contributed by atoms with Crippen LogP contribution >= 0.6 is 7.60 Å². The van der Waals surface area contributed by atoms with Crippen molar-refractivity contribution in [3.8, 4) is 11.6 Å². The Bertz CT molecular complexity index is 1620. The molecule has 1 aromatic carbocycles. The number of benzene rings is 1. The molecule has 0 spiro atoms. The molecular formula is C36H47N2O9P. The summed E-state index contributed by atoms with van der Waals surface area (Å²) in [6.07, 6.45) is 8.34. The molecule has 2 saturated carbocycles. The Morgan fingerprint density at radius 2 is 1.98 bits per heavy atom. The third kappa shape index (κ3) is 6.92. The fourth-order valence-electron chi connectivity index (χ4n) is 8.20. The van der Waals surface area contributed by atoms with Crippen LogP contribution in [-0.2, 0) is 30.1 Å². The van der Waals surface area contributed by atoms with E-state index in [0.29, 0.717) is 5.88 Å². The molecule has 6 atom stereocenters. The molecule has 12 heteroatoms. The van der Waals surface area contributed by atoms with Crippen LogP contribution in [0.5, 0.6) is 11.6 Å². The quantitative estimate of drug-likeness (QED) is 0.221. The third-order valence-corrected chi connectivity index (χ3v) is 13.0. The lowest BCUT2D eigenvalue weighted by Crippen LogP contribution is -2.46. The zero-order valence-electron chi connectivity index (χ0n) is 27.8. The molecule has 4 aliphatic rings. The maximum absolute atomic E-state index is 14.5. The minimum atomic E-state index is -4.65. The third-order valence-electron chi connectivity index (χ3n) is 11.1. The number of allylic oxidation sites excluding steroid dienone is 1. The van der Waals surface area contributed by atoms with Gasteiger partial charge >= 0.3 is 13.6 Å². The molecule has 2 unspecified atom stereocenters. The molecule has 2 N–H and O–H groups in total. The second kappa shape index (κ2) is 13.9. The number of hydrogen-bond acceptors (Lipinski definition) is 8. The first kappa shape index (κ1) is 34.6. The predicted molar refractivity (Wildman–Crippen MR) is 179 cm³/mol. The van der Waals surface area contributed by atoms with Crippen molar-refractivity contribution in [1.82, 2.24) is 9.88 Å². The van der Waals surface area contributed by atoms with E-state index in [0.717, 1.165) is 67.0 Å². The average Bonchev–Trinajstić information content (AvgIpc) is 3.35. The number of carbonyl (C=O) groups is 3. The molecule has 2 aromatic rings. The van der Waals surface area contributed by atoms with Gasteiger partial charge in [-0.05, 0) is 85.4 Å². The lowest BCUT2D eigenvalue weighted by atomic mass is 9.86. The fraction of sp³-hybridized carbons (Fsp3) is 0.611. The van der Waals surface area contributed by atoms with Crippen LogP contribution in [0.1, 0.15) is 76.7 Å². The van der Waals surface area contributed by atoms with Crippen molar-refractivity contribution in [3.05, 3.63) is 42.6 Å². The molecule has 3 heterocycles. The summed E-state index contributed by atoms with van der Waals surface area (Å²) in [5, 5.41) is 0.159. The van der Waals surface area contributed by atoms with Gasteiger partial charge in [-0.2, -0.15) is 0 Å². The maximum atomic E-state index is 14.5. The monoisotopic (exact) mass is 682 g/mol. The van der Waals surface area contributed by atoms with E-state index in [4.69, 9.17) is 14.2 Å². The Kier molecular flexibility index (Phi) is 10.0. The standard InChI is InChI=1S/C36H47N2O9P/c1-4-26-18-36(26,48(42,43)44)19-31(39)30-16-27-20-38(30)35(41)29(23-9-5-6-10-23)17-33(40)46-21-22(2)8-7-11-25-14-28-24(15-32(25)45-3)12-13-37-34(28)47-27/h4,12-15,22-23,26-27,29-30H,1,5-11,16-21H2,2-3H3,(H2,42,43,44)/t22-,26?,27+,29-,30-,36?/m0/s1. The molecule has 2 aliphatic carbocycles. The molecule has 2 aliphatic heterocycles. The van der Waals surface area contributed by atoms with Gasteiger partial charge in [0.1, 0.15) is 11.9 Å². The van der Waals surface area contributed by atoms with Crippen molar-refractivity contribution in [2.75, 3.05) is 20.3 Å². The summed E-state index contributed by atoms with van der Waals surface area (Å²) in [7, 11) is -3.02. The van der Waals surface area contributed by atoms with Crippen molar-refractivity contribution in [3.63, 3.8) is 0 Å². The zero-order valence-corrected chi connectivity index (χ0v) is 28.7. The number of cyclic esters (lactones) is 1. The summed E-state index contributed by atoms with van der Waals surface area (Å²) in [6.45, 7) is 6.09. The van der Waals surface area contributed by atoms with Gasteiger partial charge in [0.15, 0.2) is 5.78 Å². The van der Waals surface area contributed by atoms with Gasteiger partial charge in [0, 0.05) is 24.4 Å². The number of aromatic nitrogens is 1. The van der Waals surface area contributed by atoms with Crippen molar-refractivity contribution >= 4 is 36.0 Å². The van der Waals surface area contributed by atoms with Crippen molar-refractivity contribution < 1.29 is 42.9 Å². The van der Waals surface area contributed by atoms with E-state index in [2.05, 4.69) is 11.6 Å². The Morgan fingerprint density at radius 1 is 1.21 bits per heavy atom. The highest BCUT2D eigenvalue weighted by Crippen LogP contribution is 2.71. The van der Waals surface area contributed by atoms with E-state index in [1.54, 1.807) is 13.3 Å². The second-order valence-electron chi connectivity index (χ2n) is 14.4. The minimum absolute atomic E-state index is 0.0213. The number of aryl methyl sites for hydroxylation is 1. The van der Waals surface area contributed by atoms with Crippen molar-refractivity contribution in [2.24, 2.45) is 23.7 Å². The number of ketones is 1. The maximum Gasteiger partial charge on any atom is 0.332 e. The highest BCUT2D eigenvalue weighted by atomic mass is 31.2. The average molecular weight is 683 g/mol. The fourth-order valence-corrected chi connectivity index (χ4v) is 9.53. The van der Waals surface area contributed by atoms with E-state index in [-0.39, 0.29) is 56.6 Å².